The zero-order chi connectivity index (χ0) is 15.4. The molecule has 2 aromatic rings. The van der Waals surface area contributed by atoms with Crippen LogP contribution in [-0.4, -0.2) is 38.0 Å². The number of amides is 1. The number of aromatic nitrogens is 4. The van der Waals surface area contributed by atoms with E-state index in [0.717, 1.165) is 0 Å². The molecule has 1 amide bonds. The van der Waals surface area contributed by atoms with Crippen LogP contribution >= 0.6 is 11.6 Å². The summed E-state index contributed by atoms with van der Waals surface area (Å²) in [5.74, 6) is -0.622. The Morgan fingerprint density at radius 3 is 2.76 bits per heavy atom. The smallest absolute Gasteiger partial charge is 0.343 e. The summed E-state index contributed by atoms with van der Waals surface area (Å²) < 4.78 is 7.68. The molecule has 0 aliphatic rings. The molecule has 0 aliphatic carbocycles. The fourth-order valence-electron chi connectivity index (χ4n) is 1.69. The highest BCUT2D eigenvalue weighted by Crippen LogP contribution is 2.15. The number of carbonyl (C=O) groups excluding carboxylic acids is 2. The maximum absolute atomic E-state index is 12.0. The monoisotopic (exact) mass is 311 g/mol. The number of aryl methyl sites for hydroxylation is 1. The van der Waals surface area contributed by atoms with Gasteiger partial charge in [0, 0.05) is 13.2 Å². The summed E-state index contributed by atoms with van der Waals surface area (Å²) in [4.78, 5) is 23.7. The average molecular weight is 312 g/mol. The minimum atomic E-state index is -0.539. The highest BCUT2D eigenvalue weighted by atomic mass is 35.5. The summed E-state index contributed by atoms with van der Waals surface area (Å²) in [5, 5.41) is 10.9. The molecule has 0 spiro atoms. The normalized spacial score (nSPS) is 10.4. The summed E-state index contributed by atoms with van der Waals surface area (Å²) in [5.41, 5.74) is 0.200. The molecule has 2 heterocycles. The average Bonchev–Trinajstić information content (AvgIpc) is 2.97. The van der Waals surface area contributed by atoms with Crippen molar-refractivity contribution < 1.29 is 14.3 Å². The molecule has 0 atom stereocenters. The molecule has 0 unspecified atom stereocenters. The van der Waals surface area contributed by atoms with E-state index in [0.29, 0.717) is 5.02 Å². The van der Waals surface area contributed by atoms with Crippen molar-refractivity contribution >= 4 is 29.3 Å². The molecule has 2 aromatic heterocycles. The molecule has 0 saturated carbocycles. The lowest BCUT2D eigenvalue weighted by Crippen LogP contribution is -2.22. The fourth-order valence-corrected chi connectivity index (χ4v) is 1.84. The third-order valence-electron chi connectivity index (χ3n) is 2.60. The Balaban J connectivity index is 2.10. The lowest BCUT2D eigenvalue weighted by atomic mass is 10.3. The maximum Gasteiger partial charge on any atom is 0.343 e. The summed E-state index contributed by atoms with van der Waals surface area (Å²) >= 11 is 5.72. The number of esters is 1. The Bertz CT molecular complexity index is 664. The molecule has 0 aliphatic heterocycles. The largest absolute Gasteiger partial charge is 0.462 e. The predicted molar refractivity (Wildman–Crippen MR) is 75.0 cm³/mol. The number of rotatable bonds is 5. The minimum absolute atomic E-state index is 0.0276. The molecular formula is C12H14ClN5O3. The van der Waals surface area contributed by atoms with Crippen molar-refractivity contribution in [2.24, 2.45) is 7.05 Å². The van der Waals surface area contributed by atoms with Gasteiger partial charge in [-0.25, -0.2) is 4.79 Å². The molecule has 0 bridgehead atoms. The molecule has 2 rings (SSSR count). The first-order valence-corrected chi connectivity index (χ1v) is 6.56. The minimum Gasteiger partial charge on any atom is -0.462 e. The lowest BCUT2D eigenvalue weighted by molar-refractivity contribution is -0.116. The van der Waals surface area contributed by atoms with Crippen LogP contribution in [0.2, 0.25) is 5.02 Å². The van der Waals surface area contributed by atoms with Crippen LogP contribution in [-0.2, 0) is 23.1 Å². The van der Waals surface area contributed by atoms with E-state index in [-0.39, 0.29) is 30.4 Å². The Labute approximate surface area is 125 Å². The van der Waals surface area contributed by atoms with E-state index in [9.17, 15) is 9.59 Å². The third kappa shape index (κ3) is 3.60. The summed E-state index contributed by atoms with van der Waals surface area (Å²) in [6.07, 6.45) is 4.30. The second-order valence-electron chi connectivity index (χ2n) is 4.16. The van der Waals surface area contributed by atoms with Crippen LogP contribution in [0, 0.1) is 0 Å². The molecule has 8 nitrogen and oxygen atoms in total. The zero-order valence-electron chi connectivity index (χ0n) is 11.5. The Hall–Kier alpha value is -2.35. The van der Waals surface area contributed by atoms with Crippen LogP contribution in [0.25, 0.3) is 0 Å². The van der Waals surface area contributed by atoms with Crippen molar-refractivity contribution in [3.63, 3.8) is 0 Å². The Morgan fingerprint density at radius 1 is 1.38 bits per heavy atom. The van der Waals surface area contributed by atoms with Crippen LogP contribution < -0.4 is 5.32 Å². The topological polar surface area (TPSA) is 91.0 Å². The van der Waals surface area contributed by atoms with Crippen LogP contribution in [0.1, 0.15) is 17.3 Å². The molecule has 1 N–H and O–H groups in total. The van der Waals surface area contributed by atoms with Crippen molar-refractivity contribution in [1.82, 2.24) is 19.6 Å². The highest BCUT2D eigenvalue weighted by Gasteiger charge is 2.19. The molecule has 0 fully saturated rings. The first-order chi connectivity index (χ1) is 10.0. The number of nitrogens with one attached hydrogen (secondary N) is 1. The number of halogens is 1. The van der Waals surface area contributed by atoms with Gasteiger partial charge in [-0.15, -0.1) is 0 Å². The number of ether oxygens (including phenoxy) is 1. The van der Waals surface area contributed by atoms with Gasteiger partial charge < -0.3 is 10.1 Å². The fraction of sp³-hybridized carbons (Fsp3) is 0.333. The van der Waals surface area contributed by atoms with Crippen molar-refractivity contribution in [2.75, 3.05) is 11.9 Å². The van der Waals surface area contributed by atoms with Gasteiger partial charge in [-0.2, -0.15) is 10.2 Å². The summed E-state index contributed by atoms with van der Waals surface area (Å²) in [7, 11) is 1.61. The van der Waals surface area contributed by atoms with E-state index in [1.54, 1.807) is 14.0 Å². The third-order valence-corrected chi connectivity index (χ3v) is 2.79. The molecule has 9 heteroatoms. The number of carbonyl (C=O) groups is 2. The number of hydrogen-bond acceptors (Lipinski definition) is 5. The van der Waals surface area contributed by atoms with Crippen LogP contribution in [0.15, 0.2) is 18.6 Å². The number of anilines is 1. The van der Waals surface area contributed by atoms with E-state index >= 15 is 0 Å². The van der Waals surface area contributed by atoms with Crippen molar-refractivity contribution in [3.05, 3.63) is 29.2 Å². The van der Waals surface area contributed by atoms with Gasteiger partial charge in [0.05, 0.1) is 24.0 Å². The second kappa shape index (κ2) is 6.40. The van der Waals surface area contributed by atoms with Crippen LogP contribution in [0.3, 0.4) is 0 Å². The molecule has 0 radical (unpaired) electrons. The first-order valence-electron chi connectivity index (χ1n) is 6.18. The van der Waals surface area contributed by atoms with Gasteiger partial charge in [0.1, 0.15) is 17.9 Å². The van der Waals surface area contributed by atoms with Gasteiger partial charge in [-0.1, -0.05) is 11.6 Å². The quantitative estimate of drug-likeness (QED) is 0.834. The Kier molecular flexibility index (Phi) is 4.59. The van der Waals surface area contributed by atoms with Crippen molar-refractivity contribution in [3.8, 4) is 0 Å². The van der Waals surface area contributed by atoms with Crippen LogP contribution in [0.4, 0.5) is 5.82 Å². The van der Waals surface area contributed by atoms with Gasteiger partial charge >= 0.3 is 5.97 Å². The molecular weight excluding hydrogens is 298 g/mol. The summed E-state index contributed by atoms with van der Waals surface area (Å²) in [6.45, 7) is 1.92. The van der Waals surface area contributed by atoms with Crippen molar-refractivity contribution in [1.29, 1.82) is 0 Å². The summed E-state index contributed by atoms with van der Waals surface area (Å²) in [6, 6.07) is 0. The SMILES string of the molecule is CCOC(=O)c1cnn(C)c1NC(=O)Cn1cc(Cl)cn1. The van der Waals surface area contributed by atoms with Crippen LogP contribution in [0.5, 0.6) is 0 Å². The van der Waals surface area contributed by atoms with Gasteiger partial charge in [-0.05, 0) is 6.92 Å². The Morgan fingerprint density at radius 2 is 2.14 bits per heavy atom. The van der Waals surface area contributed by atoms with E-state index in [4.69, 9.17) is 16.3 Å². The van der Waals surface area contributed by atoms with E-state index in [1.165, 1.54) is 28.0 Å². The lowest BCUT2D eigenvalue weighted by Gasteiger charge is -2.08. The van der Waals surface area contributed by atoms with Crippen molar-refractivity contribution in [2.45, 2.75) is 13.5 Å². The van der Waals surface area contributed by atoms with Gasteiger partial charge in [-0.3, -0.25) is 14.2 Å². The molecule has 0 aromatic carbocycles. The van der Waals surface area contributed by atoms with E-state index in [2.05, 4.69) is 15.5 Å². The predicted octanol–water partition coefficient (Wildman–Crippen LogP) is 1.09. The molecule has 112 valence electrons. The molecule has 21 heavy (non-hydrogen) atoms. The standard InChI is InChI=1S/C12H14ClN5O3/c1-3-21-12(20)9-5-14-17(2)11(9)16-10(19)7-18-6-8(13)4-15-18/h4-6H,3,7H2,1-2H3,(H,16,19). The zero-order valence-corrected chi connectivity index (χ0v) is 12.3. The first kappa shape index (κ1) is 15.0. The number of hydrogen-bond donors (Lipinski definition) is 1. The highest BCUT2D eigenvalue weighted by molar-refractivity contribution is 6.30. The number of nitrogens with zero attached hydrogens (tertiary/aromatic N) is 4. The van der Waals surface area contributed by atoms with E-state index in [1.807, 2.05) is 0 Å². The van der Waals surface area contributed by atoms with E-state index < -0.39 is 5.97 Å². The van der Waals surface area contributed by atoms with Gasteiger partial charge in [0.15, 0.2) is 0 Å². The van der Waals surface area contributed by atoms with Gasteiger partial charge in [0.25, 0.3) is 0 Å². The van der Waals surface area contributed by atoms with Gasteiger partial charge in [0.2, 0.25) is 5.91 Å². The molecule has 0 saturated heterocycles. The second-order valence-corrected chi connectivity index (χ2v) is 4.59. The maximum atomic E-state index is 12.0.